The van der Waals surface area contributed by atoms with Gasteiger partial charge in [-0.3, -0.25) is 9.69 Å². The molecule has 0 aromatic carbocycles. The fraction of sp³-hybridized carbons (Fsp3) is 0.909. The van der Waals surface area contributed by atoms with Gasteiger partial charge in [0.05, 0.1) is 7.11 Å². The topological polar surface area (TPSA) is 64.8 Å². The summed E-state index contributed by atoms with van der Waals surface area (Å²) in [7, 11) is 3.32. The van der Waals surface area contributed by atoms with Crippen LogP contribution in [0, 0.1) is 5.92 Å². The van der Waals surface area contributed by atoms with E-state index in [2.05, 4.69) is 0 Å². The van der Waals surface area contributed by atoms with E-state index in [9.17, 15) is 4.79 Å². The molecule has 1 heterocycles. The molecule has 0 amide bonds. The zero-order valence-electron chi connectivity index (χ0n) is 10.1. The van der Waals surface area contributed by atoms with Crippen molar-refractivity contribution in [3.63, 3.8) is 0 Å². The number of hydrogen-bond donors (Lipinski definition) is 1. The van der Waals surface area contributed by atoms with Crippen LogP contribution in [0.3, 0.4) is 0 Å². The normalized spacial score (nSPS) is 19.8. The van der Waals surface area contributed by atoms with Crippen molar-refractivity contribution in [2.24, 2.45) is 11.7 Å². The number of methoxy groups -OCH3 is 1. The van der Waals surface area contributed by atoms with Gasteiger partial charge in [-0.2, -0.15) is 0 Å². The number of ether oxygens (including phenoxy) is 2. The average Bonchev–Trinajstić information content (AvgIpc) is 2.31. The standard InChI is InChI=1S/C11H22N2O3/c1-13(10(7-12)11(14)15-2)8-9-3-5-16-6-4-9/h9-10H,3-8,12H2,1-2H3. The van der Waals surface area contributed by atoms with E-state index in [4.69, 9.17) is 15.2 Å². The van der Waals surface area contributed by atoms with Crippen molar-refractivity contribution in [1.82, 2.24) is 4.90 Å². The van der Waals surface area contributed by atoms with Gasteiger partial charge in [0.15, 0.2) is 0 Å². The van der Waals surface area contributed by atoms with E-state index in [1.807, 2.05) is 11.9 Å². The molecule has 0 radical (unpaired) electrons. The molecule has 0 spiro atoms. The van der Waals surface area contributed by atoms with Crippen LogP contribution < -0.4 is 5.73 Å². The second-order valence-electron chi connectivity index (χ2n) is 4.27. The van der Waals surface area contributed by atoms with Gasteiger partial charge in [0, 0.05) is 26.3 Å². The Morgan fingerprint density at radius 3 is 2.69 bits per heavy atom. The number of carbonyl (C=O) groups excluding carboxylic acids is 1. The maximum atomic E-state index is 11.5. The van der Waals surface area contributed by atoms with Crippen LogP contribution in [0.4, 0.5) is 0 Å². The summed E-state index contributed by atoms with van der Waals surface area (Å²) < 4.78 is 10.0. The predicted octanol–water partition coefficient (Wildman–Crippen LogP) is -0.155. The monoisotopic (exact) mass is 230 g/mol. The molecule has 5 nitrogen and oxygen atoms in total. The third kappa shape index (κ3) is 3.73. The number of likely N-dealkylation sites (N-methyl/N-ethyl adjacent to an activating group) is 1. The first-order valence-corrected chi connectivity index (χ1v) is 5.75. The minimum Gasteiger partial charge on any atom is -0.468 e. The van der Waals surface area contributed by atoms with Crippen LogP contribution in [-0.2, 0) is 14.3 Å². The molecule has 0 aromatic heterocycles. The molecule has 0 bridgehead atoms. The second kappa shape index (κ2) is 6.83. The number of hydrogen-bond acceptors (Lipinski definition) is 5. The van der Waals surface area contributed by atoms with Gasteiger partial charge in [0.25, 0.3) is 0 Å². The summed E-state index contributed by atoms with van der Waals surface area (Å²) in [6.45, 7) is 2.82. The van der Waals surface area contributed by atoms with E-state index in [1.54, 1.807) is 0 Å². The Morgan fingerprint density at radius 1 is 1.56 bits per heavy atom. The van der Waals surface area contributed by atoms with Gasteiger partial charge in [0.2, 0.25) is 0 Å². The minimum absolute atomic E-state index is 0.253. The fourth-order valence-electron chi connectivity index (χ4n) is 2.06. The molecule has 5 heteroatoms. The number of carbonyl (C=O) groups is 1. The third-order valence-electron chi connectivity index (χ3n) is 3.12. The van der Waals surface area contributed by atoms with Crippen LogP contribution in [-0.4, -0.2) is 57.4 Å². The molecule has 1 aliphatic rings. The molecule has 0 saturated carbocycles. The molecule has 2 N–H and O–H groups in total. The fourth-order valence-corrected chi connectivity index (χ4v) is 2.06. The van der Waals surface area contributed by atoms with Crippen molar-refractivity contribution in [3.8, 4) is 0 Å². The molecule has 1 fully saturated rings. The lowest BCUT2D eigenvalue weighted by Crippen LogP contribution is -2.46. The highest BCUT2D eigenvalue weighted by Gasteiger charge is 2.25. The molecule has 0 aliphatic carbocycles. The Bertz CT molecular complexity index is 217. The molecule has 16 heavy (non-hydrogen) atoms. The maximum Gasteiger partial charge on any atom is 0.324 e. The van der Waals surface area contributed by atoms with Gasteiger partial charge in [-0.05, 0) is 25.8 Å². The van der Waals surface area contributed by atoms with E-state index in [0.717, 1.165) is 32.6 Å². The van der Waals surface area contributed by atoms with Crippen molar-refractivity contribution in [2.75, 3.05) is 40.5 Å². The predicted molar refractivity (Wildman–Crippen MR) is 61.0 cm³/mol. The van der Waals surface area contributed by atoms with E-state index >= 15 is 0 Å². The van der Waals surface area contributed by atoms with Crippen LogP contribution in [0.25, 0.3) is 0 Å². The number of nitrogens with zero attached hydrogens (tertiary/aromatic N) is 1. The Balaban J connectivity index is 2.41. The first-order chi connectivity index (χ1) is 7.69. The van der Waals surface area contributed by atoms with Crippen molar-refractivity contribution in [1.29, 1.82) is 0 Å². The Kier molecular flexibility index (Phi) is 5.73. The summed E-state index contributed by atoms with van der Waals surface area (Å²) in [6, 6.07) is -0.326. The van der Waals surface area contributed by atoms with Crippen LogP contribution in [0.15, 0.2) is 0 Å². The first-order valence-electron chi connectivity index (χ1n) is 5.75. The lowest BCUT2D eigenvalue weighted by atomic mass is 9.99. The first kappa shape index (κ1) is 13.4. The molecule has 0 aromatic rings. The highest BCUT2D eigenvalue weighted by molar-refractivity contribution is 5.75. The molecular formula is C11H22N2O3. The van der Waals surface area contributed by atoms with Crippen LogP contribution in [0.2, 0.25) is 0 Å². The highest BCUT2D eigenvalue weighted by atomic mass is 16.5. The van der Waals surface area contributed by atoms with E-state index in [-0.39, 0.29) is 12.0 Å². The largest absolute Gasteiger partial charge is 0.468 e. The summed E-state index contributed by atoms with van der Waals surface area (Å²) >= 11 is 0. The summed E-state index contributed by atoms with van der Waals surface area (Å²) in [5.41, 5.74) is 5.59. The molecule has 1 atom stereocenters. The summed E-state index contributed by atoms with van der Waals surface area (Å²) in [6.07, 6.45) is 2.12. The number of nitrogens with two attached hydrogens (primary N) is 1. The Hall–Kier alpha value is -0.650. The third-order valence-corrected chi connectivity index (χ3v) is 3.12. The zero-order valence-corrected chi connectivity index (χ0v) is 10.1. The van der Waals surface area contributed by atoms with Crippen LogP contribution in [0.5, 0.6) is 0 Å². The Morgan fingerprint density at radius 2 is 2.19 bits per heavy atom. The zero-order chi connectivity index (χ0) is 12.0. The lowest BCUT2D eigenvalue weighted by Gasteiger charge is -2.30. The molecule has 1 saturated heterocycles. The molecule has 1 rings (SSSR count). The number of rotatable bonds is 5. The second-order valence-corrected chi connectivity index (χ2v) is 4.27. The SMILES string of the molecule is COC(=O)C(CN)N(C)CC1CCOCC1. The smallest absolute Gasteiger partial charge is 0.324 e. The van der Waals surface area contributed by atoms with Crippen LogP contribution >= 0.6 is 0 Å². The summed E-state index contributed by atoms with van der Waals surface area (Å²) in [5, 5.41) is 0. The maximum absolute atomic E-state index is 11.5. The molecule has 94 valence electrons. The van der Waals surface area contributed by atoms with Crippen molar-refractivity contribution in [3.05, 3.63) is 0 Å². The van der Waals surface area contributed by atoms with Crippen LogP contribution in [0.1, 0.15) is 12.8 Å². The van der Waals surface area contributed by atoms with Crippen molar-refractivity contribution in [2.45, 2.75) is 18.9 Å². The number of esters is 1. The molecule has 1 aliphatic heterocycles. The Labute approximate surface area is 96.9 Å². The van der Waals surface area contributed by atoms with E-state index in [1.165, 1.54) is 7.11 Å². The minimum atomic E-state index is -0.326. The quantitative estimate of drug-likeness (QED) is 0.665. The lowest BCUT2D eigenvalue weighted by molar-refractivity contribution is -0.146. The van der Waals surface area contributed by atoms with E-state index in [0.29, 0.717) is 12.5 Å². The summed E-state index contributed by atoms with van der Waals surface area (Å²) in [5.74, 6) is 0.342. The van der Waals surface area contributed by atoms with Gasteiger partial charge in [-0.15, -0.1) is 0 Å². The van der Waals surface area contributed by atoms with E-state index < -0.39 is 0 Å². The van der Waals surface area contributed by atoms with Gasteiger partial charge in [-0.25, -0.2) is 0 Å². The summed E-state index contributed by atoms with van der Waals surface area (Å²) in [4.78, 5) is 13.4. The highest BCUT2D eigenvalue weighted by Crippen LogP contribution is 2.16. The average molecular weight is 230 g/mol. The molecule has 1 unspecified atom stereocenters. The van der Waals surface area contributed by atoms with Crippen molar-refractivity contribution >= 4 is 5.97 Å². The molecular weight excluding hydrogens is 208 g/mol. The van der Waals surface area contributed by atoms with Gasteiger partial charge < -0.3 is 15.2 Å². The van der Waals surface area contributed by atoms with Gasteiger partial charge in [-0.1, -0.05) is 0 Å². The van der Waals surface area contributed by atoms with Gasteiger partial charge >= 0.3 is 5.97 Å². The van der Waals surface area contributed by atoms with Gasteiger partial charge in [0.1, 0.15) is 6.04 Å². The van der Waals surface area contributed by atoms with Crippen molar-refractivity contribution < 1.29 is 14.3 Å².